The summed E-state index contributed by atoms with van der Waals surface area (Å²) in [5.41, 5.74) is 13.8. The lowest BCUT2D eigenvalue weighted by Crippen LogP contribution is -2.11. The molecule has 9 aromatic carbocycles. The van der Waals surface area contributed by atoms with E-state index in [9.17, 15) is 0 Å². The van der Waals surface area contributed by atoms with Gasteiger partial charge in [-0.15, -0.1) is 0 Å². The molecule has 0 atom stereocenters. The number of hydrogen-bond donors (Lipinski definition) is 0. The molecule has 4 heteroatoms. The Labute approximate surface area is 329 Å². The summed E-state index contributed by atoms with van der Waals surface area (Å²) in [6.45, 7) is 0. The van der Waals surface area contributed by atoms with Gasteiger partial charge in [-0.2, -0.15) is 0 Å². The monoisotopic (exact) mass is 730 g/mol. The first-order valence-electron chi connectivity index (χ1n) is 19.2. The van der Waals surface area contributed by atoms with Crippen LogP contribution in [0.1, 0.15) is 0 Å². The SMILES string of the molecule is c1ccc(-c2ccc(N(c3ccc(-c4ccccc4)cc3)c3c4ccccc4cc4c3oc3cccc(-c5cccc6nc(-c7ccccc7)oc56)c34)cc2)cc1. The fraction of sp³-hybridized carbons (Fsp3) is 0. The highest BCUT2D eigenvalue weighted by atomic mass is 16.3. The fourth-order valence-electron chi connectivity index (χ4n) is 8.19. The number of oxazole rings is 1. The lowest BCUT2D eigenvalue weighted by molar-refractivity contribution is 0.621. The average molecular weight is 731 g/mol. The van der Waals surface area contributed by atoms with E-state index in [0.717, 1.165) is 88.7 Å². The summed E-state index contributed by atoms with van der Waals surface area (Å²) >= 11 is 0. The van der Waals surface area contributed by atoms with Crippen LogP contribution in [-0.2, 0) is 0 Å². The van der Waals surface area contributed by atoms with Gasteiger partial charge in [0.25, 0.3) is 0 Å². The van der Waals surface area contributed by atoms with Crippen LogP contribution in [0.15, 0.2) is 215 Å². The van der Waals surface area contributed by atoms with E-state index in [1.807, 2.05) is 36.4 Å². The summed E-state index contributed by atoms with van der Waals surface area (Å²) in [6.07, 6.45) is 0. The Morgan fingerprint density at radius 2 is 0.930 bits per heavy atom. The summed E-state index contributed by atoms with van der Waals surface area (Å²) in [6, 6.07) is 72.1. The zero-order chi connectivity index (χ0) is 37.7. The molecular formula is C53H34N2O2. The highest BCUT2D eigenvalue weighted by Gasteiger charge is 2.25. The van der Waals surface area contributed by atoms with Crippen LogP contribution in [0, 0.1) is 0 Å². The lowest BCUT2D eigenvalue weighted by Gasteiger charge is -2.27. The molecule has 2 heterocycles. The lowest BCUT2D eigenvalue weighted by atomic mass is 9.96. The molecule has 11 aromatic rings. The number of nitrogens with zero attached hydrogens (tertiary/aromatic N) is 2. The molecular weight excluding hydrogens is 697 g/mol. The van der Waals surface area contributed by atoms with Gasteiger partial charge in [0.2, 0.25) is 5.89 Å². The Kier molecular flexibility index (Phi) is 7.78. The van der Waals surface area contributed by atoms with Crippen molar-refractivity contribution in [3.8, 4) is 44.8 Å². The standard InChI is InChI=1S/C53H34N2O2/c1-4-14-35(15-5-1)37-26-30-41(31-27-37)55(42-32-28-38(29-33-42)36-16-6-2-7-17-36)50-43-21-11-10-20-40(43)34-46-49-44(22-13-25-48(49)56-52(46)50)45-23-12-24-47-51(45)57-53(54-47)39-18-8-3-9-19-39/h1-34H. The van der Waals surface area contributed by atoms with Gasteiger partial charge < -0.3 is 13.7 Å². The molecule has 0 saturated carbocycles. The molecule has 0 aliphatic carbocycles. The second kappa shape index (κ2) is 13.6. The first-order chi connectivity index (χ1) is 28.3. The van der Waals surface area contributed by atoms with Crippen molar-refractivity contribution in [1.29, 1.82) is 0 Å². The van der Waals surface area contributed by atoms with Crippen LogP contribution in [0.5, 0.6) is 0 Å². The van der Waals surface area contributed by atoms with Crippen molar-refractivity contribution >= 4 is 60.9 Å². The van der Waals surface area contributed by atoms with E-state index < -0.39 is 0 Å². The number of anilines is 3. The first-order valence-corrected chi connectivity index (χ1v) is 19.2. The van der Waals surface area contributed by atoms with Crippen molar-refractivity contribution in [1.82, 2.24) is 4.98 Å². The number of fused-ring (bicyclic) bond motifs is 5. The predicted octanol–water partition coefficient (Wildman–Crippen LogP) is 15.0. The topological polar surface area (TPSA) is 42.4 Å². The van der Waals surface area contributed by atoms with E-state index in [4.69, 9.17) is 13.8 Å². The van der Waals surface area contributed by atoms with Crippen LogP contribution in [0.25, 0.3) is 88.6 Å². The van der Waals surface area contributed by atoms with Crippen LogP contribution < -0.4 is 4.90 Å². The Morgan fingerprint density at radius 1 is 0.386 bits per heavy atom. The average Bonchev–Trinajstić information content (AvgIpc) is 3.90. The number of hydrogen-bond acceptors (Lipinski definition) is 4. The minimum absolute atomic E-state index is 0.600. The quantitative estimate of drug-likeness (QED) is 0.164. The van der Waals surface area contributed by atoms with Crippen molar-refractivity contribution in [2.45, 2.75) is 0 Å². The summed E-state index contributed by atoms with van der Waals surface area (Å²) in [4.78, 5) is 7.25. The van der Waals surface area contributed by atoms with Gasteiger partial charge in [-0.25, -0.2) is 4.98 Å². The van der Waals surface area contributed by atoms with Gasteiger partial charge in [0.1, 0.15) is 11.1 Å². The van der Waals surface area contributed by atoms with E-state index in [1.54, 1.807) is 0 Å². The van der Waals surface area contributed by atoms with Crippen LogP contribution in [0.4, 0.5) is 17.1 Å². The van der Waals surface area contributed by atoms with Crippen molar-refractivity contribution in [2.24, 2.45) is 0 Å². The summed E-state index contributed by atoms with van der Waals surface area (Å²) in [5.74, 6) is 0.600. The molecule has 0 unspecified atom stereocenters. The highest BCUT2D eigenvalue weighted by molar-refractivity contribution is 6.23. The number of para-hydroxylation sites is 1. The molecule has 0 N–H and O–H groups in total. The summed E-state index contributed by atoms with van der Waals surface area (Å²) in [5, 5.41) is 4.27. The Bertz CT molecular complexity index is 3120. The van der Waals surface area contributed by atoms with Crippen molar-refractivity contribution in [3.63, 3.8) is 0 Å². The molecule has 2 aromatic heterocycles. The molecule has 268 valence electrons. The van der Waals surface area contributed by atoms with E-state index in [0.29, 0.717) is 5.89 Å². The number of benzene rings is 9. The van der Waals surface area contributed by atoms with E-state index in [1.165, 1.54) is 11.1 Å². The third-order valence-corrected chi connectivity index (χ3v) is 10.9. The minimum atomic E-state index is 0.600. The third-order valence-electron chi connectivity index (χ3n) is 10.9. The zero-order valence-electron chi connectivity index (χ0n) is 30.8. The maximum atomic E-state index is 7.06. The maximum absolute atomic E-state index is 7.06. The Balaban J connectivity index is 1.15. The Hall–Kier alpha value is -7.69. The van der Waals surface area contributed by atoms with Crippen LogP contribution in [0.3, 0.4) is 0 Å². The van der Waals surface area contributed by atoms with Crippen molar-refractivity contribution in [2.75, 3.05) is 4.90 Å². The highest BCUT2D eigenvalue weighted by Crippen LogP contribution is 2.49. The number of furan rings is 1. The largest absolute Gasteiger partial charge is 0.454 e. The second-order valence-electron chi connectivity index (χ2n) is 14.3. The van der Waals surface area contributed by atoms with Crippen LogP contribution in [-0.4, -0.2) is 4.98 Å². The summed E-state index contributed by atoms with van der Waals surface area (Å²) in [7, 11) is 0. The minimum Gasteiger partial charge on any atom is -0.454 e. The zero-order valence-corrected chi connectivity index (χ0v) is 30.8. The third kappa shape index (κ3) is 5.66. The van der Waals surface area contributed by atoms with Gasteiger partial charge >= 0.3 is 0 Å². The summed E-state index contributed by atoms with van der Waals surface area (Å²) < 4.78 is 13.6. The fourth-order valence-corrected chi connectivity index (χ4v) is 8.19. The maximum Gasteiger partial charge on any atom is 0.227 e. The molecule has 0 saturated heterocycles. The molecule has 0 aliphatic rings. The van der Waals surface area contributed by atoms with E-state index in [-0.39, 0.29) is 0 Å². The molecule has 0 spiro atoms. The van der Waals surface area contributed by atoms with Crippen LogP contribution in [0.2, 0.25) is 0 Å². The van der Waals surface area contributed by atoms with Gasteiger partial charge in [-0.3, -0.25) is 0 Å². The number of aromatic nitrogens is 1. The number of rotatable bonds is 7. The molecule has 0 aliphatic heterocycles. The molecule has 0 bridgehead atoms. The molecule has 0 radical (unpaired) electrons. The molecule has 0 amide bonds. The first kappa shape index (κ1) is 32.7. The normalized spacial score (nSPS) is 11.5. The van der Waals surface area contributed by atoms with Crippen LogP contribution >= 0.6 is 0 Å². The van der Waals surface area contributed by atoms with E-state index >= 15 is 0 Å². The van der Waals surface area contributed by atoms with Crippen molar-refractivity contribution < 1.29 is 8.83 Å². The molecule has 57 heavy (non-hydrogen) atoms. The van der Waals surface area contributed by atoms with Crippen molar-refractivity contribution in [3.05, 3.63) is 206 Å². The van der Waals surface area contributed by atoms with Gasteiger partial charge in [0.15, 0.2) is 11.2 Å². The molecule has 4 nitrogen and oxygen atoms in total. The van der Waals surface area contributed by atoms with Gasteiger partial charge in [-0.05, 0) is 87.8 Å². The second-order valence-corrected chi connectivity index (χ2v) is 14.3. The molecule has 0 fully saturated rings. The predicted molar refractivity (Wildman–Crippen MR) is 235 cm³/mol. The van der Waals surface area contributed by atoms with E-state index in [2.05, 4.69) is 175 Å². The van der Waals surface area contributed by atoms with Gasteiger partial charge in [0.05, 0.1) is 5.69 Å². The smallest absolute Gasteiger partial charge is 0.227 e. The van der Waals surface area contributed by atoms with Gasteiger partial charge in [0, 0.05) is 38.7 Å². The molecule has 11 rings (SSSR count). The van der Waals surface area contributed by atoms with Gasteiger partial charge in [-0.1, -0.05) is 152 Å². The Morgan fingerprint density at radius 3 is 1.58 bits per heavy atom.